The Kier molecular flexibility index (Phi) is 6.95. The molecule has 3 aromatic rings. The van der Waals surface area contributed by atoms with E-state index >= 15 is 0 Å². The molecule has 0 aromatic heterocycles. The molecular weight excluding hydrogens is 459 g/mol. The van der Waals surface area contributed by atoms with Crippen LogP contribution >= 0.6 is 0 Å². The zero-order valence-electron chi connectivity index (χ0n) is 19.0. The van der Waals surface area contributed by atoms with Crippen LogP contribution in [0.2, 0.25) is 0 Å². The summed E-state index contributed by atoms with van der Waals surface area (Å²) in [6.45, 7) is 1.69. The molecule has 0 radical (unpaired) electrons. The van der Waals surface area contributed by atoms with E-state index in [1.807, 2.05) is 24.3 Å². The average Bonchev–Trinajstić information content (AvgIpc) is 2.86. The molecule has 1 aliphatic rings. The van der Waals surface area contributed by atoms with Gasteiger partial charge in [0, 0.05) is 36.6 Å². The number of carbonyl (C=O) groups is 2. The first-order valence-corrected chi connectivity index (χ1v) is 11.0. The number of rotatable bonds is 6. The molecule has 1 heterocycles. The van der Waals surface area contributed by atoms with Crippen molar-refractivity contribution in [3.05, 3.63) is 89.5 Å². The van der Waals surface area contributed by atoms with E-state index in [9.17, 15) is 22.8 Å². The molecule has 0 atom stereocenters. The zero-order valence-corrected chi connectivity index (χ0v) is 19.0. The minimum atomic E-state index is -4.53. The number of methoxy groups -OCH3 is 1. The Morgan fingerprint density at radius 2 is 1.71 bits per heavy atom. The van der Waals surface area contributed by atoms with E-state index in [1.165, 1.54) is 12.1 Å². The maximum Gasteiger partial charge on any atom is 0.416 e. The Morgan fingerprint density at radius 1 is 1.00 bits per heavy atom. The summed E-state index contributed by atoms with van der Waals surface area (Å²) in [5.74, 6) is 0.101. The number of alkyl halides is 3. The summed E-state index contributed by atoms with van der Waals surface area (Å²) in [4.78, 5) is 29.0. The summed E-state index contributed by atoms with van der Waals surface area (Å²) in [5.41, 5.74) is 1.10. The van der Waals surface area contributed by atoms with Gasteiger partial charge in [0.15, 0.2) is 0 Å². The van der Waals surface area contributed by atoms with Gasteiger partial charge in [0.2, 0.25) is 0 Å². The lowest BCUT2D eigenvalue weighted by molar-refractivity contribution is -0.137. The van der Waals surface area contributed by atoms with Crippen molar-refractivity contribution in [3.8, 4) is 5.75 Å². The SMILES string of the molecule is COc1ccc(CN2CCCN(c3ccc(NC(=O)c4cccc(C(F)(F)F)c4)cc3)C2=O)cc1. The van der Waals surface area contributed by atoms with Crippen molar-refractivity contribution < 1.29 is 27.5 Å². The minimum absolute atomic E-state index is 0.0933. The number of nitrogens with zero attached hydrogens (tertiary/aromatic N) is 2. The topological polar surface area (TPSA) is 61.9 Å². The zero-order chi connectivity index (χ0) is 25.0. The summed E-state index contributed by atoms with van der Waals surface area (Å²) in [6, 6.07) is 18.3. The largest absolute Gasteiger partial charge is 0.497 e. The summed E-state index contributed by atoms with van der Waals surface area (Å²) in [7, 11) is 1.60. The number of hydrogen-bond donors (Lipinski definition) is 1. The third kappa shape index (κ3) is 5.74. The smallest absolute Gasteiger partial charge is 0.416 e. The third-order valence-electron chi connectivity index (χ3n) is 5.73. The first kappa shape index (κ1) is 24.1. The molecule has 6 nitrogen and oxygen atoms in total. The molecule has 3 aromatic carbocycles. The number of anilines is 2. The van der Waals surface area contributed by atoms with Gasteiger partial charge in [-0.3, -0.25) is 9.69 Å². The maximum atomic E-state index is 13.1. The highest BCUT2D eigenvalue weighted by Crippen LogP contribution is 2.30. The van der Waals surface area contributed by atoms with Crippen molar-refractivity contribution in [1.29, 1.82) is 0 Å². The summed E-state index contributed by atoms with van der Waals surface area (Å²) in [6.07, 6.45) is -3.73. The monoisotopic (exact) mass is 483 g/mol. The van der Waals surface area contributed by atoms with Crippen LogP contribution in [0.3, 0.4) is 0 Å². The molecule has 3 amide bonds. The summed E-state index contributed by atoms with van der Waals surface area (Å²) >= 11 is 0. The van der Waals surface area contributed by atoms with Gasteiger partial charge in [-0.15, -0.1) is 0 Å². The highest BCUT2D eigenvalue weighted by atomic mass is 19.4. The standard InChI is InChI=1S/C26H24F3N3O3/c1-35-23-12-6-18(7-13-23)17-31-14-3-15-32(25(31)34)22-10-8-21(9-11-22)30-24(33)19-4-2-5-20(16-19)26(27,28)29/h2,4-13,16H,3,14-15,17H2,1H3,(H,30,33). The Bertz CT molecular complexity index is 1190. The van der Waals surface area contributed by atoms with E-state index in [2.05, 4.69) is 5.32 Å². The van der Waals surface area contributed by atoms with Crippen molar-refractivity contribution in [1.82, 2.24) is 4.90 Å². The third-order valence-corrected chi connectivity index (χ3v) is 5.73. The number of hydrogen-bond acceptors (Lipinski definition) is 3. The van der Waals surface area contributed by atoms with Gasteiger partial charge in [0.25, 0.3) is 5.91 Å². The van der Waals surface area contributed by atoms with Gasteiger partial charge >= 0.3 is 12.2 Å². The maximum absolute atomic E-state index is 13.1. The van der Waals surface area contributed by atoms with Gasteiger partial charge in [-0.2, -0.15) is 13.2 Å². The Balaban J connectivity index is 1.41. The number of nitrogens with one attached hydrogen (secondary N) is 1. The molecule has 9 heteroatoms. The van der Waals surface area contributed by atoms with Crippen molar-refractivity contribution in [2.45, 2.75) is 19.1 Å². The molecule has 1 saturated heterocycles. The highest BCUT2D eigenvalue weighted by Gasteiger charge is 2.31. The highest BCUT2D eigenvalue weighted by molar-refractivity contribution is 6.04. The predicted octanol–water partition coefficient (Wildman–Crippen LogP) is 5.80. The summed E-state index contributed by atoms with van der Waals surface area (Å²) in [5, 5.41) is 2.60. The van der Waals surface area contributed by atoms with E-state index < -0.39 is 17.6 Å². The second-order valence-electron chi connectivity index (χ2n) is 8.14. The van der Waals surface area contributed by atoms with Crippen LogP contribution in [0, 0.1) is 0 Å². The van der Waals surface area contributed by atoms with E-state index in [0.29, 0.717) is 31.0 Å². The quantitative estimate of drug-likeness (QED) is 0.482. The van der Waals surface area contributed by atoms with Gasteiger partial charge < -0.3 is 15.0 Å². The number of ether oxygens (including phenoxy) is 1. The first-order valence-electron chi connectivity index (χ1n) is 11.0. The lowest BCUT2D eigenvalue weighted by atomic mass is 10.1. The van der Waals surface area contributed by atoms with E-state index in [-0.39, 0.29) is 11.6 Å². The van der Waals surface area contributed by atoms with Crippen LogP contribution in [-0.2, 0) is 12.7 Å². The molecule has 0 aliphatic carbocycles. The van der Waals surface area contributed by atoms with Gasteiger partial charge in [-0.05, 0) is 66.6 Å². The fourth-order valence-electron chi connectivity index (χ4n) is 3.88. The van der Waals surface area contributed by atoms with Crippen molar-refractivity contribution in [2.24, 2.45) is 0 Å². The molecule has 182 valence electrons. The molecular formula is C26H24F3N3O3. The molecule has 4 rings (SSSR count). The van der Waals surface area contributed by atoms with E-state index in [1.54, 1.807) is 41.2 Å². The molecule has 0 spiro atoms. The number of halogens is 3. The lowest BCUT2D eigenvalue weighted by Gasteiger charge is -2.35. The van der Waals surface area contributed by atoms with Crippen LogP contribution in [0.5, 0.6) is 5.75 Å². The normalized spacial score (nSPS) is 14.1. The molecule has 1 aliphatic heterocycles. The molecule has 35 heavy (non-hydrogen) atoms. The predicted molar refractivity (Wildman–Crippen MR) is 127 cm³/mol. The fourth-order valence-corrected chi connectivity index (χ4v) is 3.88. The molecule has 0 saturated carbocycles. The number of amides is 3. The molecule has 1 fully saturated rings. The Labute approximate surface area is 200 Å². The number of benzene rings is 3. The van der Waals surface area contributed by atoms with Gasteiger partial charge in [0.1, 0.15) is 5.75 Å². The van der Waals surface area contributed by atoms with E-state index in [0.717, 1.165) is 29.9 Å². The Morgan fingerprint density at radius 3 is 2.37 bits per heavy atom. The molecule has 0 bridgehead atoms. The van der Waals surface area contributed by atoms with Crippen LogP contribution in [0.15, 0.2) is 72.8 Å². The van der Waals surface area contributed by atoms with Crippen molar-refractivity contribution in [3.63, 3.8) is 0 Å². The van der Waals surface area contributed by atoms with Crippen molar-refractivity contribution >= 4 is 23.3 Å². The minimum Gasteiger partial charge on any atom is -0.497 e. The van der Waals surface area contributed by atoms with Crippen LogP contribution in [0.4, 0.5) is 29.3 Å². The second kappa shape index (κ2) is 10.1. The first-order chi connectivity index (χ1) is 16.7. The number of carbonyl (C=O) groups excluding carboxylic acids is 2. The summed E-state index contributed by atoms with van der Waals surface area (Å²) < 4.78 is 43.9. The molecule has 0 unspecified atom stereocenters. The number of urea groups is 1. The van der Waals surface area contributed by atoms with Gasteiger partial charge in [-0.25, -0.2) is 4.79 Å². The van der Waals surface area contributed by atoms with Gasteiger partial charge in [0.05, 0.1) is 12.7 Å². The van der Waals surface area contributed by atoms with Crippen LogP contribution in [0.25, 0.3) is 0 Å². The van der Waals surface area contributed by atoms with Crippen LogP contribution < -0.4 is 15.0 Å². The lowest BCUT2D eigenvalue weighted by Crippen LogP contribution is -2.49. The van der Waals surface area contributed by atoms with Crippen LogP contribution in [0.1, 0.15) is 27.9 Å². The van der Waals surface area contributed by atoms with Gasteiger partial charge in [-0.1, -0.05) is 18.2 Å². The van der Waals surface area contributed by atoms with E-state index in [4.69, 9.17) is 4.74 Å². The second-order valence-corrected chi connectivity index (χ2v) is 8.14. The Hall–Kier alpha value is -4.01. The van der Waals surface area contributed by atoms with Crippen molar-refractivity contribution in [2.75, 3.05) is 30.4 Å². The fraction of sp³-hybridized carbons (Fsp3) is 0.231. The average molecular weight is 483 g/mol. The van der Waals surface area contributed by atoms with Crippen LogP contribution in [-0.4, -0.2) is 37.0 Å². The molecule has 1 N–H and O–H groups in total.